The topological polar surface area (TPSA) is 68.3 Å². The summed E-state index contributed by atoms with van der Waals surface area (Å²) in [6.07, 6.45) is 3.66. The molecular formula is C13H22N2O3S. The van der Waals surface area contributed by atoms with Gasteiger partial charge in [-0.15, -0.1) is 0 Å². The second kappa shape index (κ2) is 6.86. The molecule has 0 aliphatic carbocycles. The quantitative estimate of drug-likeness (QED) is 0.764. The monoisotopic (exact) mass is 286 g/mol. The molecule has 19 heavy (non-hydrogen) atoms. The molecule has 0 aliphatic rings. The van der Waals surface area contributed by atoms with Crippen LogP contribution in [-0.4, -0.2) is 39.1 Å². The summed E-state index contributed by atoms with van der Waals surface area (Å²) in [5.41, 5.74) is 2.97. The van der Waals surface area contributed by atoms with Crippen LogP contribution in [0.4, 0.5) is 0 Å². The molecule has 0 spiro atoms. The molecule has 0 atom stereocenters. The standard InChI is InChI=1S/C13H22N2O3S/c1-10-8-15-12(11(2)13(10)18-3)9-14-6-5-7-19(4,16)17/h8,14H,5-7,9H2,1-4H3. The fourth-order valence-electron chi connectivity index (χ4n) is 1.92. The molecule has 0 bridgehead atoms. The highest BCUT2D eigenvalue weighted by atomic mass is 32.2. The van der Waals surface area contributed by atoms with Crippen LogP contribution in [0.1, 0.15) is 23.2 Å². The van der Waals surface area contributed by atoms with Crippen molar-refractivity contribution >= 4 is 9.84 Å². The van der Waals surface area contributed by atoms with Crippen molar-refractivity contribution in [1.82, 2.24) is 10.3 Å². The molecule has 108 valence electrons. The lowest BCUT2D eigenvalue weighted by Gasteiger charge is -2.12. The summed E-state index contributed by atoms with van der Waals surface area (Å²) in [5.74, 6) is 1.08. The number of sulfone groups is 1. The molecule has 0 aromatic carbocycles. The lowest BCUT2D eigenvalue weighted by atomic mass is 10.1. The normalized spacial score (nSPS) is 11.6. The summed E-state index contributed by atoms with van der Waals surface area (Å²) in [5, 5.41) is 3.20. The summed E-state index contributed by atoms with van der Waals surface area (Å²) in [6.45, 7) is 5.21. The number of nitrogens with one attached hydrogen (secondary N) is 1. The Morgan fingerprint density at radius 3 is 2.63 bits per heavy atom. The maximum absolute atomic E-state index is 11.0. The van der Waals surface area contributed by atoms with E-state index in [1.165, 1.54) is 6.26 Å². The van der Waals surface area contributed by atoms with Crippen LogP contribution < -0.4 is 10.1 Å². The maximum Gasteiger partial charge on any atom is 0.147 e. The van der Waals surface area contributed by atoms with Crippen LogP contribution in [0.25, 0.3) is 0 Å². The molecule has 0 saturated carbocycles. The molecule has 0 fully saturated rings. The molecule has 1 N–H and O–H groups in total. The lowest BCUT2D eigenvalue weighted by molar-refractivity contribution is 0.406. The van der Waals surface area contributed by atoms with Gasteiger partial charge in [0.25, 0.3) is 0 Å². The molecule has 1 aromatic rings. The number of rotatable bonds is 7. The first-order valence-electron chi connectivity index (χ1n) is 6.22. The fraction of sp³-hybridized carbons (Fsp3) is 0.615. The molecule has 0 amide bonds. The van der Waals surface area contributed by atoms with Crippen LogP contribution in [0.5, 0.6) is 5.75 Å². The molecule has 0 aliphatic heterocycles. The molecule has 0 radical (unpaired) electrons. The fourth-order valence-corrected chi connectivity index (χ4v) is 2.58. The van der Waals surface area contributed by atoms with Crippen LogP contribution in [0, 0.1) is 13.8 Å². The van der Waals surface area contributed by atoms with Crippen molar-refractivity contribution in [1.29, 1.82) is 0 Å². The average molecular weight is 286 g/mol. The van der Waals surface area contributed by atoms with E-state index in [2.05, 4.69) is 10.3 Å². The van der Waals surface area contributed by atoms with Gasteiger partial charge in [0.1, 0.15) is 15.6 Å². The third kappa shape index (κ3) is 5.16. The van der Waals surface area contributed by atoms with Gasteiger partial charge in [-0.2, -0.15) is 0 Å². The van der Waals surface area contributed by atoms with E-state index in [-0.39, 0.29) is 5.75 Å². The van der Waals surface area contributed by atoms with Gasteiger partial charge in [0.2, 0.25) is 0 Å². The second-order valence-electron chi connectivity index (χ2n) is 4.71. The molecule has 0 unspecified atom stereocenters. The zero-order chi connectivity index (χ0) is 14.5. The Labute approximate surface area is 115 Å². The highest BCUT2D eigenvalue weighted by molar-refractivity contribution is 7.90. The minimum atomic E-state index is -2.87. The van der Waals surface area contributed by atoms with Crippen LogP contribution in [0.3, 0.4) is 0 Å². The Hall–Kier alpha value is -1.14. The van der Waals surface area contributed by atoms with Gasteiger partial charge in [-0.25, -0.2) is 8.42 Å². The van der Waals surface area contributed by atoms with Gasteiger partial charge < -0.3 is 10.1 Å². The Kier molecular flexibility index (Phi) is 5.75. The number of aryl methyl sites for hydroxylation is 1. The maximum atomic E-state index is 11.0. The Morgan fingerprint density at radius 2 is 2.05 bits per heavy atom. The zero-order valence-electron chi connectivity index (χ0n) is 12.0. The van der Waals surface area contributed by atoms with Crippen molar-refractivity contribution in [2.75, 3.05) is 25.7 Å². The van der Waals surface area contributed by atoms with E-state index >= 15 is 0 Å². The molecule has 1 rings (SSSR count). The Morgan fingerprint density at radius 1 is 1.37 bits per heavy atom. The first kappa shape index (κ1) is 15.9. The van der Waals surface area contributed by atoms with Gasteiger partial charge in [0.15, 0.2) is 0 Å². The van der Waals surface area contributed by atoms with E-state index in [0.717, 1.165) is 22.6 Å². The Bertz CT molecular complexity index is 527. The largest absolute Gasteiger partial charge is 0.496 e. The number of methoxy groups -OCH3 is 1. The smallest absolute Gasteiger partial charge is 0.147 e. The van der Waals surface area contributed by atoms with Crippen molar-refractivity contribution in [2.24, 2.45) is 0 Å². The molecule has 0 saturated heterocycles. The number of hydrogen-bond donors (Lipinski definition) is 1. The van der Waals surface area contributed by atoms with Gasteiger partial charge in [0, 0.05) is 30.1 Å². The highest BCUT2D eigenvalue weighted by Gasteiger charge is 2.09. The van der Waals surface area contributed by atoms with E-state index in [9.17, 15) is 8.42 Å². The first-order valence-corrected chi connectivity index (χ1v) is 8.28. The summed E-state index contributed by atoms with van der Waals surface area (Å²) in [6, 6.07) is 0. The van der Waals surface area contributed by atoms with Crippen LogP contribution in [0.15, 0.2) is 6.20 Å². The summed E-state index contributed by atoms with van der Waals surface area (Å²) in [7, 11) is -1.22. The minimum Gasteiger partial charge on any atom is -0.496 e. The van der Waals surface area contributed by atoms with E-state index in [1.807, 2.05) is 13.8 Å². The SMILES string of the molecule is COc1c(C)cnc(CNCCCS(C)(=O)=O)c1C. The molecule has 1 aromatic heterocycles. The van der Waals surface area contributed by atoms with Gasteiger partial charge >= 0.3 is 0 Å². The van der Waals surface area contributed by atoms with Gasteiger partial charge in [-0.3, -0.25) is 4.98 Å². The molecule has 6 heteroatoms. The van der Waals surface area contributed by atoms with E-state index in [0.29, 0.717) is 19.5 Å². The Balaban J connectivity index is 2.50. The highest BCUT2D eigenvalue weighted by Crippen LogP contribution is 2.23. The van der Waals surface area contributed by atoms with Crippen LogP contribution >= 0.6 is 0 Å². The predicted octanol–water partition coefficient (Wildman–Crippen LogP) is 1.23. The van der Waals surface area contributed by atoms with Gasteiger partial charge in [0.05, 0.1) is 18.6 Å². The number of ether oxygens (including phenoxy) is 1. The van der Waals surface area contributed by atoms with Crippen LogP contribution in [-0.2, 0) is 16.4 Å². The minimum absolute atomic E-state index is 0.212. The number of aromatic nitrogens is 1. The van der Waals surface area contributed by atoms with Crippen molar-refractivity contribution in [3.05, 3.63) is 23.0 Å². The van der Waals surface area contributed by atoms with E-state index in [1.54, 1.807) is 13.3 Å². The zero-order valence-corrected chi connectivity index (χ0v) is 12.8. The van der Waals surface area contributed by atoms with E-state index in [4.69, 9.17) is 4.74 Å². The van der Waals surface area contributed by atoms with Crippen molar-refractivity contribution < 1.29 is 13.2 Å². The molecular weight excluding hydrogens is 264 g/mol. The van der Waals surface area contributed by atoms with Crippen molar-refractivity contribution in [3.63, 3.8) is 0 Å². The molecule has 1 heterocycles. The number of pyridine rings is 1. The summed E-state index contributed by atoms with van der Waals surface area (Å²) in [4.78, 5) is 4.37. The predicted molar refractivity (Wildman–Crippen MR) is 76.3 cm³/mol. The summed E-state index contributed by atoms with van der Waals surface area (Å²) >= 11 is 0. The summed E-state index contributed by atoms with van der Waals surface area (Å²) < 4.78 is 27.3. The second-order valence-corrected chi connectivity index (χ2v) is 6.97. The molecule has 5 nitrogen and oxygen atoms in total. The third-order valence-electron chi connectivity index (χ3n) is 2.91. The van der Waals surface area contributed by atoms with E-state index < -0.39 is 9.84 Å². The average Bonchev–Trinajstić information content (AvgIpc) is 2.30. The van der Waals surface area contributed by atoms with Gasteiger partial charge in [-0.1, -0.05) is 0 Å². The van der Waals surface area contributed by atoms with Gasteiger partial charge in [-0.05, 0) is 26.8 Å². The van der Waals surface area contributed by atoms with Crippen molar-refractivity contribution in [2.45, 2.75) is 26.8 Å². The third-order valence-corrected chi connectivity index (χ3v) is 3.94. The number of nitrogens with zero attached hydrogens (tertiary/aromatic N) is 1. The first-order chi connectivity index (χ1) is 8.85. The van der Waals surface area contributed by atoms with Crippen LogP contribution in [0.2, 0.25) is 0 Å². The lowest BCUT2D eigenvalue weighted by Crippen LogP contribution is -2.19. The number of hydrogen-bond acceptors (Lipinski definition) is 5. The van der Waals surface area contributed by atoms with Crippen molar-refractivity contribution in [3.8, 4) is 5.75 Å².